The third-order valence-corrected chi connectivity index (χ3v) is 4.06. The molecule has 0 aliphatic heterocycles. The fraction of sp³-hybridized carbons (Fsp3) is 0.143. The van der Waals surface area contributed by atoms with E-state index in [0.717, 1.165) is 22.6 Å². The molecule has 0 fully saturated rings. The Hall–Kier alpha value is -3.14. The largest absolute Gasteiger partial charge is 0.354 e. The van der Waals surface area contributed by atoms with Crippen molar-refractivity contribution in [2.75, 3.05) is 10.6 Å². The molecule has 4 nitrogen and oxygen atoms in total. The molecule has 2 N–H and O–H groups in total. The van der Waals surface area contributed by atoms with Gasteiger partial charge >= 0.3 is 0 Å². The maximum atomic E-state index is 12.3. The Morgan fingerprint density at radius 3 is 2.08 bits per heavy atom. The van der Waals surface area contributed by atoms with E-state index >= 15 is 0 Å². The quantitative estimate of drug-likeness (QED) is 0.707. The summed E-state index contributed by atoms with van der Waals surface area (Å²) >= 11 is 0. The van der Waals surface area contributed by atoms with Crippen molar-refractivity contribution in [2.45, 2.75) is 20.8 Å². The molecular formula is C21H21N3O. The number of aryl methyl sites for hydroxylation is 3. The lowest BCUT2D eigenvalue weighted by atomic mass is 10.1. The molecule has 1 amide bonds. The molecule has 1 aromatic heterocycles. The first-order chi connectivity index (χ1) is 12.0. The molecule has 0 saturated carbocycles. The van der Waals surface area contributed by atoms with Gasteiger partial charge in [-0.05, 0) is 56.2 Å². The maximum Gasteiger partial charge on any atom is 0.274 e. The number of hydrogen-bond acceptors (Lipinski definition) is 3. The molecule has 0 aliphatic rings. The third kappa shape index (κ3) is 4.04. The number of pyridine rings is 1. The molecule has 0 saturated heterocycles. The summed E-state index contributed by atoms with van der Waals surface area (Å²) in [5.41, 5.74) is 6.55. The molecule has 0 bridgehead atoms. The van der Waals surface area contributed by atoms with Gasteiger partial charge in [0.2, 0.25) is 0 Å². The summed E-state index contributed by atoms with van der Waals surface area (Å²) in [6.45, 7) is 6.13. The van der Waals surface area contributed by atoms with Crippen LogP contribution in [0.5, 0.6) is 0 Å². The van der Waals surface area contributed by atoms with Crippen LogP contribution in [0.3, 0.4) is 0 Å². The summed E-state index contributed by atoms with van der Waals surface area (Å²) in [7, 11) is 0. The summed E-state index contributed by atoms with van der Waals surface area (Å²) in [4.78, 5) is 16.6. The van der Waals surface area contributed by atoms with Crippen molar-refractivity contribution in [3.05, 3.63) is 83.2 Å². The Kier molecular flexibility index (Phi) is 4.80. The van der Waals surface area contributed by atoms with E-state index in [1.165, 1.54) is 11.1 Å². The number of benzene rings is 2. The molecule has 0 unspecified atom stereocenters. The fourth-order valence-electron chi connectivity index (χ4n) is 2.59. The van der Waals surface area contributed by atoms with Crippen LogP contribution in [0.2, 0.25) is 0 Å². The number of hydrogen-bond donors (Lipinski definition) is 2. The SMILES string of the molecule is Cc1ccc(NC(=O)c2ccc(Nc3c(C)cccc3C)cn2)cc1. The standard InChI is InChI=1S/C21H21N3O/c1-14-7-9-17(10-8-14)24-21(25)19-12-11-18(13-22-19)23-20-15(2)5-4-6-16(20)3/h4-13,23H,1-3H3,(H,24,25). The molecule has 0 atom stereocenters. The van der Waals surface area contributed by atoms with E-state index < -0.39 is 0 Å². The second kappa shape index (κ2) is 7.18. The Labute approximate surface area is 147 Å². The fourth-order valence-corrected chi connectivity index (χ4v) is 2.59. The second-order valence-corrected chi connectivity index (χ2v) is 6.14. The Bertz CT molecular complexity index is 864. The molecular weight excluding hydrogens is 310 g/mol. The number of nitrogens with zero attached hydrogens (tertiary/aromatic N) is 1. The van der Waals surface area contributed by atoms with E-state index in [9.17, 15) is 4.79 Å². The van der Waals surface area contributed by atoms with Gasteiger partial charge < -0.3 is 10.6 Å². The van der Waals surface area contributed by atoms with Gasteiger partial charge in [0.25, 0.3) is 5.91 Å². The molecule has 3 aromatic rings. The van der Waals surface area contributed by atoms with Crippen LogP contribution in [0, 0.1) is 20.8 Å². The van der Waals surface area contributed by atoms with Crippen molar-refractivity contribution in [2.24, 2.45) is 0 Å². The summed E-state index contributed by atoms with van der Waals surface area (Å²) in [6.07, 6.45) is 1.68. The van der Waals surface area contributed by atoms with Crippen molar-refractivity contribution in [1.29, 1.82) is 0 Å². The van der Waals surface area contributed by atoms with Gasteiger partial charge in [-0.15, -0.1) is 0 Å². The van der Waals surface area contributed by atoms with E-state index in [1.54, 1.807) is 12.3 Å². The van der Waals surface area contributed by atoms with Crippen LogP contribution in [0.4, 0.5) is 17.1 Å². The minimum Gasteiger partial charge on any atom is -0.354 e. The number of rotatable bonds is 4. The van der Waals surface area contributed by atoms with Crippen molar-refractivity contribution in [1.82, 2.24) is 4.98 Å². The van der Waals surface area contributed by atoms with Crippen LogP contribution < -0.4 is 10.6 Å². The highest BCUT2D eigenvalue weighted by Gasteiger charge is 2.08. The Morgan fingerprint density at radius 2 is 1.48 bits per heavy atom. The highest BCUT2D eigenvalue weighted by atomic mass is 16.1. The van der Waals surface area contributed by atoms with E-state index in [4.69, 9.17) is 0 Å². The number of nitrogens with one attached hydrogen (secondary N) is 2. The number of anilines is 3. The number of amides is 1. The number of carbonyl (C=O) groups excluding carboxylic acids is 1. The molecule has 1 heterocycles. The smallest absolute Gasteiger partial charge is 0.274 e. The van der Waals surface area contributed by atoms with Gasteiger partial charge in [-0.1, -0.05) is 35.9 Å². The number of aromatic nitrogens is 1. The highest BCUT2D eigenvalue weighted by molar-refractivity contribution is 6.03. The predicted molar refractivity (Wildman–Crippen MR) is 103 cm³/mol. The van der Waals surface area contributed by atoms with Crippen LogP contribution in [0.25, 0.3) is 0 Å². The first-order valence-electron chi connectivity index (χ1n) is 8.20. The molecule has 0 aliphatic carbocycles. The monoisotopic (exact) mass is 331 g/mol. The minimum atomic E-state index is -0.220. The molecule has 4 heteroatoms. The summed E-state index contributed by atoms with van der Waals surface area (Å²) in [6, 6.07) is 17.4. The Balaban J connectivity index is 1.71. The molecule has 25 heavy (non-hydrogen) atoms. The van der Waals surface area contributed by atoms with Crippen molar-refractivity contribution in [3.8, 4) is 0 Å². The van der Waals surface area contributed by atoms with Crippen LogP contribution in [0.15, 0.2) is 60.8 Å². The molecule has 0 spiro atoms. The normalized spacial score (nSPS) is 10.4. The van der Waals surface area contributed by atoms with E-state index in [1.807, 2.05) is 43.3 Å². The van der Waals surface area contributed by atoms with Gasteiger partial charge in [-0.25, -0.2) is 4.98 Å². The molecule has 3 rings (SSSR count). The lowest BCUT2D eigenvalue weighted by Gasteiger charge is -2.12. The lowest BCUT2D eigenvalue weighted by Crippen LogP contribution is -2.13. The first kappa shape index (κ1) is 16.7. The Morgan fingerprint density at radius 1 is 0.840 bits per heavy atom. The van der Waals surface area contributed by atoms with Gasteiger partial charge in [0, 0.05) is 11.4 Å². The van der Waals surface area contributed by atoms with E-state index in [-0.39, 0.29) is 5.91 Å². The molecule has 0 radical (unpaired) electrons. The zero-order valence-corrected chi connectivity index (χ0v) is 14.6. The van der Waals surface area contributed by atoms with Crippen LogP contribution in [0.1, 0.15) is 27.2 Å². The van der Waals surface area contributed by atoms with Crippen LogP contribution in [-0.2, 0) is 0 Å². The average Bonchev–Trinajstić information content (AvgIpc) is 2.61. The molecule has 126 valence electrons. The van der Waals surface area contributed by atoms with Gasteiger partial charge in [-0.3, -0.25) is 4.79 Å². The van der Waals surface area contributed by atoms with Crippen molar-refractivity contribution in [3.63, 3.8) is 0 Å². The third-order valence-electron chi connectivity index (χ3n) is 4.06. The van der Waals surface area contributed by atoms with Crippen molar-refractivity contribution >= 4 is 23.0 Å². The zero-order chi connectivity index (χ0) is 17.8. The van der Waals surface area contributed by atoms with Gasteiger partial charge in [-0.2, -0.15) is 0 Å². The highest BCUT2D eigenvalue weighted by Crippen LogP contribution is 2.24. The summed E-state index contributed by atoms with van der Waals surface area (Å²) in [5, 5.41) is 6.22. The zero-order valence-electron chi connectivity index (χ0n) is 14.6. The summed E-state index contributed by atoms with van der Waals surface area (Å²) in [5.74, 6) is -0.220. The predicted octanol–water partition coefficient (Wildman–Crippen LogP) is 5.00. The number of carbonyl (C=O) groups is 1. The van der Waals surface area contributed by atoms with E-state index in [2.05, 4.69) is 41.6 Å². The van der Waals surface area contributed by atoms with Gasteiger partial charge in [0.1, 0.15) is 5.69 Å². The second-order valence-electron chi connectivity index (χ2n) is 6.14. The number of para-hydroxylation sites is 1. The molecule has 2 aromatic carbocycles. The summed E-state index contributed by atoms with van der Waals surface area (Å²) < 4.78 is 0. The average molecular weight is 331 g/mol. The first-order valence-corrected chi connectivity index (χ1v) is 8.20. The van der Waals surface area contributed by atoms with Gasteiger partial charge in [0.15, 0.2) is 0 Å². The maximum absolute atomic E-state index is 12.3. The lowest BCUT2D eigenvalue weighted by molar-refractivity contribution is 0.102. The van der Waals surface area contributed by atoms with Crippen LogP contribution in [-0.4, -0.2) is 10.9 Å². The van der Waals surface area contributed by atoms with Crippen molar-refractivity contribution < 1.29 is 4.79 Å². The van der Waals surface area contributed by atoms with Crippen LogP contribution >= 0.6 is 0 Å². The minimum absolute atomic E-state index is 0.220. The van der Waals surface area contributed by atoms with Gasteiger partial charge in [0.05, 0.1) is 11.9 Å². The van der Waals surface area contributed by atoms with E-state index in [0.29, 0.717) is 5.69 Å². The topological polar surface area (TPSA) is 54.0 Å².